The van der Waals surface area contributed by atoms with E-state index >= 15 is 0 Å². The quantitative estimate of drug-likeness (QED) is 0.628. The van der Waals surface area contributed by atoms with Gasteiger partial charge in [0.25, 0.3) is 0 Å². The molecule has 0 unspecified atom stereocenters. The largest absolute Gasteiger partial charge is 0.497 e. The smallest absolute Gasteiger partial charge is 0.226 e. The van der Waals surface area contributed by atoms with Crippen molar-refractivity contribution in [2.45, 2.75) is 19.8 Å². The Hall–Kier alpha value is -3.28. The number of methoxy groups -OCH3 is 1. The van der Waals surface area contributed by atoms with Gasteiger partial charge < -0.3 is 19.9 Å². The van der Waals surface area contributed by atoms with Crippen LogP contribution in [0.1, 0.15) is 18.9 Å². The van der Waals surface area contributed by atoms with E-state index < -0.39 is 0 Å². The lowest BCUT2D eigenvalue weighted by molar-refractivity contribution is -0.129. The number of aromatic amines is 1. The van der Waals surface area contributed by atoms with Crippen molar-refractivity contribution in [3.63, 3.8) is 0 Å². The monoisotopic (exact) mass is 379 g/mol. The number of rotatable bonds is 8. The third-order valence-corrected chi connectivity index (χ3v) is 4.73. The third-order valence-electron chi connectivity index (χ3n) is 4.73. The van der Waals surface area contributed by atoms with Crippen LogP contribution >= 0.6 is 0 Å². The molecule has 28 heavy (non-hydrogen) atoms. The molecule has 2 aromatic carbocycles. The van der Waals surface area contributed by atoms with Crippen molar-refractivity contribution < 1.29 is 14.3 Å². The van der Waals surface area contributed by atoms with Gasteiger partial charge in [0, 0.05) is 55.3 Å². The van der Waals surface area contributed by atoms with Crippen LogP contribution in [0.4, 0.5) is 5.69 Å². The van der Waals surface area contributed by atoms with Crippen molar-refractivity contribution in [2.24, 2.45) is 0 Å². The lowest BCUT2D eigenvalue weighted by Crippen LogP contribution is -2.33. The minimum atomic E-state index is -0.133. The highest BCUT2D eigenvalue weighted by molar-refractivity contribution is 5.91. The van der Waals surface area contributed by atoms with Gasteiger partial charge in [0.05, 0.1) is 7.11 Å². The van der Waals surface area contributed by atoms with E-state index in [2.05, 4.69) is 16.4 Å². The number of aromatic nitrogens is 1. The van der Waals surface area contributed by atoms with Crippen molar-refractivity contribution in [1.82, 2.24) is 9.88 Å². The summed E-state index contributed by atoms with van der Waals surface area (Å²) in [5.74, 6) is 0.516. The fraction of sp³-hybridized carbons (Fsp3) is 0.273. The molecule has 0 aliphatic carbocycles. The van der Waals surface area contributed by atoms with Gasteiger partial charge in [-0.2, -0.15) is 0 Å². The molecule has 1 aromatic heterocycles. The van der Waals surface area contributed by atoms with Gasteiger partial charge in [0.1, 0.15) is 5.75 Å². The van der Waals surface area contributed by atoms with Crippen LogP contribution in [0, 0.1) is 0 Å². The first kappa shape index (κ1) is 19.5. The maximum atomic E-state index is 12.3. The molecule has 0 atom stereocenters. The van der Waals surface area contributed by atoms with Gasteiger partial charge in [-0.3, -0.25) is 9.59 Å². The molecule has 0 fully saturated rings. The van der Waals surface area contributed by atoms with Crippen molar-refractivity contribution >= 4 is 28.4 Å². The lowest BCUT2D eigenvalue weighted by Gasteiger charge is -2.20. The average molecular weight is 379 g/mol. The SMILES string of the molecule is COc1cccc(NC(=O)CCN(CCc2c[nH]c3ccccc23)C(C)=O)c1. The predicted molar refractivity (Wildman–Crippen MR) is 110 cm³/mol. The van der Waals surface area contributed by atoms with Crippen LogP contribution in [0.5, 0.6) is 5.75 Å². The number of H-pyrrole nitrogens is 1. The molecule has 0 aliphatic heterocycles. The molecule has 0 bridgehead atoms. The van der Waals surface area contributed by atoms with E-state index in [1.165, 1.54) is 17.9 Å². The van der Waals surface area contributed by atoms with Gasteiger partial charge in [-0.25, -0.2) is 0 Å². The first-order valence-corrected chi connectivity index (χ1v) is 9.31. The van der Waals surface area contributed by atoms with Crippen molar-refractivity contribution in [3.8, 4) is 5.75 Å². The number of benzene rings is 2. The molecule has 6 heteroatoms. The van der Waals surface area contributed by atoms with E-state index in [4.69, 9.17) is 4.74 Å². The molecule has 0 saturated heterocycles. The summed E-state index contributed by atoms with van der Waals surface area (Å²) in [7, 11) is 1.58. The molecule has 6 nitrogen and oxygen atoms in total. The molecule has 3 aromatic rings. The zero-order valence-corrected chi connectivity index (χ0v) is 16.2. The molecular weight excluding hydrogens is 354 g/mol. The van der Waals surface area contributed by atoms with E-state index in [1.807, 2.05) is 36.5 Å². The minimum absolute atomic E-state index is 0.0333. The summed E-state index contributed by atoms with van der Waals surface area (Å²) < 4.78 is 5.16. The number of carbonyl (C=O) groups excluding carboxylic acids is 2. The minimum Gasteiger partial charge on any atom is -0.497 e. The molecule has 0 aliphatic rings. The van der Waals surface area contributed by atoms with E-state index in [9.17, 15) is 9.59 Å². The highest BCUT2D eigenvalue weighted by Crippen LogP contribution is 2.19. The normalized spacial score (nSPS) is 10.6. The van der Waals surface area contributed by atoms with E-state index in [-0.39, 0.29) is 18.2 Å². The molecule has 1 heterocycles. The summed E-state index contributed by atoms with van der Waals surface area (Å²) in [5.41, 5.74) is 2.93. The van der Waals surface area contributed by atoms with Gasteiger partial charge in [-0.05, 0) is 30.2 Å². The molecule has 2 amide bonds. The molecular formula is C22H25N3O3. The molecule has 146 valence electrons. The van der Waals surface area contributed by atoms with Crippen LogP contribution < -0.4 is 10.1 Å². The van der Waals surface area contributed by atoms with Gasteiger partial charge in [0.2, 0.25) is 11.8 Å². The molecule has 0 saturated carbocycles. The Morgan fingerprint density at radius 1 is 1.11 bits per heavy atom. The van der Waals surface area contributed by atoms with Crippen molar-refractivity contribution in [1.29, 1.82) is 0 Å². The summed E-state index contributed by atoms with van der Waals surface area (Å²) in [6, 6.07) is 15.3. The van der Waals surface area contributed by atoms with E-state index in [0.717, 1.165) is 11.9 Å². The summed E-state index contributed by atoms with van der Waals surface area (Å²) >= 11 is 0. The van der Waals surface area contributed by atoms with Gasteiger partial charge >= 0.3 is 0 Å². The number of carbonyl (C=O) groups is 2. The molecule has 2 N–H and O–H groups in total. The zero-order chi connectivity index (χ0) is 19.9. The Kier molecular flexibility index (Phi) is 6.32. The highest BCUT2D eigenvalue weighted by Gasteiger charge is 2.13. The first-order valence-electron chi connectivity index (χ1n) is 9.31. The number of fused-ring (bicyclic) bond motifs is 1. The second kappa shape index (κ2) is 9.08. The Balaban J connectivity index is 1.54. The molecule has 3 rings (SSSR count). The third kappa shape index (κ3) is 4.91. The van der Waals surface area contributed by atoms with Crippen LogP contribution in [0.2, 0.25) is 0 Å². The number of hydrogen-bond acceptors (Lipinski definition) is 3. The Morgan fingerprint density at radius 3 is 2.71 bits per heavy atom. The highest BCUT2D eigenvalue weighted by atomic mass is 16.5. The van der Waals surface area contributed by atoms with Crippen LogP contribution in [-0.4, -0.2) is 41.9 Å². The summed E-state index contributed by atoms with van der Waals surface area (Å²) in [6.45, 7) is 2.49. The fourth-order valence-electron chi connectivity index (χ4n) is 3.18. The average Bonchev–Trinajstić information content (AvgIpc) is 3.11. The van der Waals surface area contributed by atoms with Gasteiger partial charge in [0.15, 0.2) is 0 Å². The Labute approximate surface area is 164 Å². The number of amides is 2. The summed E-state index contributed by atoms with van der Waals surface area (Å²) in [6.07, 6.45) is 2.96. The maximum absolute atomic E-state index is 12.3. The number of nitrogens with zero attached hydrogens (tertiary/aromatic N) is 1. The van der Waals surface area contributed by atoms with Gasteiger partial charge in [-0.1, -0.05) is 24.3 Å². The van der Waals surface area contributed by atoms with E-state index in [1.54, 1.807) is 24.1 Å². The fourth-order valence-corrected chi connectivity index (χ4v) is 3.18. The number of nitrogens with one attached hydrogen (secondary N) is 2. The topological polar surface area (TPSA) is 74.4 Å². The molecule has 0 spiro atoms. The van der Waals surface area contributed by atoms with Crippen LogP contribution in [0.3, 0.4) is 0 Å². The Morgan fingerprint density at radius 2 is 1.93 bits per heavy atom. The Bertz CT molecular complexity index is 964. The second-order valence-corrected chi connectivity index (χ2v) is 6.65. The predicted octanol–water partition coefficient (Wildman–Crippen LogP) is 3.60. The second-order valence-electron chi connectivity index (χ2n) is 6.65. The van der Waals surface area contributed by atoms with Crippen LogP contribution in [0.15, 0.2) is 54.7 Å². The first-order chi connectivity index (χ1) is 13.6. The van der Waals surface area contributed by atoms with Crippen LogP contribution in [0.25, 0.3) is 10.9 Å². The number of anilines is 1. The lowest BCUT2D eigenvalue weighted by atomic mass is 10.1. The maximum Gasteiger partial charge on any atom is 0.226 e. The standard InChI is InChI=1S/C22H25N3O3/c1-16(26)25(12-10-17-15-23-21-9-4-3-8-20(17)21)13-11-22(27)24-18-6-5-7-19(14-18)28-2/h3-9,14-15,23H,10-13H2,1-2H3,(H,24,27). The van der Waals surface area contributed by atoms with Gasteiger partial charge in [-0.15, -0.1) is 0 Å². The number of ether oxygens (including phenoxy) is 1. The van der Waals surface area contributed by atoms with E-state index in [0.29, 0.717) is 24.5 Å². The van der Waals surface area contributed by atoms with Crippen LogP contribution in [-0.2, 0) is 16.0 Å². The summed E-state index contributed by atoms with van der Waals surface area (Å²) in [5, 5.41) is 4.01. The number of para-hydroxylation sites is 1. The zero-order valence-electron chi connectivity index (χ0n) is 16.2. The summed E-state index contributed by atoms with van der Waals surface area (Å²) in [4.78, 5) is 29.2. The van der Waals surface area contributed by atoms with Crippen molar-refractivity contribution in [2.75, 3.05) is 25.5 Å². The molecule has 0 radical (unpaired) electrons. The number of hydrogen-bond donors (Lipinski definition) is 2. The van der Waals surface area contributed by atoms with Crippen molar-refractivity contribution in [3.05, 3.63) is 60.3 Å².